The number of carboxylic acid groups (broad SMARTS) is 1. The Bertz CT molecular complexity index is 459. The topological polar surface area (TPSA) is 62.2 Å². The molecule has 4 nitrogen and oxygen atoms in total. The summed E-state index contributed by atoms with van der Waals surface area (Å²) in [5, 5.41) is 12.5. The summed E-state index contributed by atoms with van der Waals surface area (Å²) < 4.78 is 0. The average molecular weight is 262 g/mol. The molecule has 1 aliphatic carbocycles. The van der Waals surface area contributed by atoms with Gasteiger partial charge in [-0.25, -0.2) is 4.79 Å². The lowest BCUT2D eigenvalue weighted by atomic mass is 9.82. The summed E-state index contributed by atoms with van der Waals surface area (Å²) in [5.74, 6) is 0.518. The van der Waals surface area contributed by atoms with Crippen LogP contribution in [0.2, 0.25) is 0 Å². The van der Waals surface area contributed by atoms with E-state index in [4.69, 9.17) is 5.11 Å². The van der Waals surface area contributed by atoms with Crippen molar-refractivity contribution in [3.05, 3.63) is 23.5 Å². The normalized spacial score (nSPS) is 23.1. The van der Waals surface area contributed by atoms with E-state index in [-0.39, 0.29) is 5.56 Å². The Balaban J connectivity index is 2.02. The minimum atomic E-state index is -0.924. The van der Waals surface area contributed by atoms with Gasteiger partial charge in [0.1, 0.15) is 5.56 Å². The highest BCUT2D eigenvalue weighted by Gasteiger charge is 2.19. The Morgan fingerprint density at radius 3 is 3.00 bits per heavy atom. The number of anilines is 1. The van der Waals surface area contributed by atoms with Gasteiger partial charge < -0.3 is 10.4 Å². The second-order valence-corrected chi connectivity index (χ2v) is 5.70. The van der Waals surface area contributed by atoms with Crippen LogP contribution in [-0.2, 0) is 0 Å². The van der Waals surface area contributed by atoms with Crippen LogP contribution in [0.25, 0.3) is 0 Å². The molecule has 0 amide bonds. The van der Waals surface area contributed by atoms with Crippen LogP contribution in [0.1, 0.15) is 48.7 Å². The third-order valence-electron chi connectivity index (χ3n) is 3.90. The van der Waals surface area contributed by atoms with Gasteiger partial charge in [0.2, 0.25) is 0 Å². The Hall–Kier alpha value is -1.58. The molecule has 104 valence electrons. The monoisotopic (exact) mass is 262 g/mol. The van der Waals surface area contributed by atoms with Crippen molar-refractivity contribution < 1.29 is 9.90 Å². The lowest BCUT2D eigenvalue weighted by Crippen LogP contribution is -2.22. The van der Waals surface area contributed by atoms with E-state index in [0.29, 0.717) is 11.6 Å². The second-order valence-electron chi connectivity index (χ2n) is 5.70. The quantitative estimate of drug-likeness (QED) is 0.873. The van der Waals surface area contributed by atoms with E-state index in [0.717, 1.165) is 18.2 Å². The Labute approximate surface area is 114 Å². The van der Waals surface area contributed by atoms with Crippen molar-refractivity contribution in [2.75, 3.05) is 11.9 Å². The molecule has 0 spiro atoms. The first kappa shape index (κ1) is 13.8. The van der Waals surface area contributed by atoms with Gasteiger partial charge in [0.25, 0.3) is 0 Å². The van der Waals surface area contributed by atoms with Gasteiger partial charge in [0, 0.05) is 18.4 Å². The van der Waals surface area contributed by atoms with Gasteiger partial charge in [0.05, 0.1) is 5.69 Å². The minimum absolute atomic E-state index is 0.259. The van der Waals surface area contributed by atoms with Gasteiger partial charge >= 0.3 is 5.97 Å². The molecule has 0 radical (unpaired) electrons. The largest absolute Gasteiger partial charge is 0.478 e. The lowest BCUT2D eigenvalue weighted by Gasteiger charge is -2.27. The number of hydrogen-bond donors (Lipinski definition) is 2. The molecule has 0 saturated heterocycles. The fourth-order valence-electron chi connectivity index (χ4n) is 2.88. The number of nitrogens with zero attached hydrogens (tertiary/aromatic N) is 1. The lowest BCUT2D eigenvalue weighted by molar-refractivity contribution is 0.0697. The number of pyridine rings is 1. The van der Waals surface area contributed by atoms with Gasteiger partial charge in [-0.1, -0.05) is 19.8 Å². The summed E-state index contributed by atoms with van der Waals surface area (Å²) in [5.41, 5.74) is 1.79. The van der Waals surface area contributed by atoms with E-state index in [9.17, 15) is 4.79 Å². The second kappa shape index (κ2) is 6.04. The first-order valence-electron chi connectivity index (χ1n) is 7.00. The molecule has 2 unspecified atom stereocenters. The number of rotatable bonds is 4. The Morgan fingerprint density at radius 1 is 1.53 bits per heavy atom. The van der Waals surface area contributed by atoms with Crippen LogP contribution in [0.3, 0.4) is 0 Å². The molecule has 1 fully saturated rings. The maximum absolute atomic E-state index is 11.2. The van der Waals surface area contributed by atoms with Crippen LogP contribution in [0, 0.1) is 18.8 Å². The third kappa shape index (κ3) is 3.69. The molecule has 0 aromatic carbocycles. The van der Waals surface area contributed by atoms with E-state index in [1.165, 1.54) is 31.9 Å². The van der Waals surface area contributed by atoms with Crippen molar-refractivity contribution in [2.45, 2.75) is 39.5 Å². The van der Waals surface area contributed by atoms with E-state index in [1.807, 2.05) is 13.0 Å². The number of carboxylic acids is 1. The summed E-state index contributed by atoms with van der Waals surface area (Å²) in [7, 11) is 0. The van der Waals surface area contributed by atoms with Crippen molar-refractivity contribution >= 4 is 11.7 Å². The highest BCUT2D eigenvalue weighted by atomic mass is 16.4. The standard InChI is InChI=1S/C15H22N2O2/c1-10-4-3-5-12(6-10)8-17-14-7-11(2)16-9-13(14)15(18)19/h7,9-10,12H,3-6,8H2,1-2H3,(H,16,17)(H,18,19). The molecule has 1 heterocycles. The molecule has 1 saturated carbocycles. The van der Waals surface area contributed by atoms with E-state index in [2.05, 4.69) is 17.2 Å². The third-order valence-corrected chi connectivity index (χ3v) is 3.90. The van der Waals surface area contributed by atoms with Crippen molar-refractivity contribution in [3.8, 4) is 0 Å². The fraction of sp³-hybridized carbons (Fsp3) is 0.600. The molecular weight excluding hydrogens is 240 g/mol. The highest BCUT2D eigenvalue weighted by Crippen LogP contribution is 2.29. The Kier molecular flexibility index (Phi) is 4.40. The van der Waals surface area contributed by atoms with E-state index >= 15 is 0 Å². The van der Waals surface area contributed by atoms with Crippen LogP contribution in [0.4, 0.5) is 5.69 Å². The molecule has 4 heteroatoms. The number of hydrogen-bond acceptors (Lipinski definition) is 3. The maximum atomic E-state index is 11.2. The molecule has 2 N–H and O–H groups in total. The molecule has 1 aliphatic rings. The van der Waals surface area contributed by atoms with Crippen molar-refractivity contribution in [3.63, 3.8) is 0 Å². The van der Waals surface area contributed by atoms with Crippen molar-refractivity contribution in [2.24, 2.45) is 11.8 Å². The molecule has 19 heavy (non-hydrogen) atoms. The van der Waals surface area contributed by atoms with Crippen molar-refractivity contribution in [1.29, 1.82) is 0 Å². The minimum Gasteiger partial charge on any atom is -0.478 e. The zero-order valence-electron chi connectivity index (χ0n) is 11.6. The summed E-state index contributed by atoms with van der Waals surface area (Å²) in [6, 6.07) is 1.82. The highest BCUT2D eigenvalue weighted by molar-refractivity contribution is 5.93. The van der Waals surface area contributed by atoms with Gasteiger partial charge in [-0.2, -0.15) is 0 Å². The predicted octanol–water partition coefficient (Wildman–Crippen LogP) is 3.33. The number of aromatic nitrogens is 1. The molecular formula is C15H22N2O2. The van der Waals surface area contributed by atoms with Crippen LogP contribution in [0.5, 0.6) is 0 Å². The number of nitrogens with one attached hydrogen (secondary N) is 1. The zero-order valence-corrected chi connectivity index (χ0v) is 11.6. The van der Waals surface area contributed by atoms with Crippen LogP contribution in [0.15, 0.2) is 12.3 Å². The first-order valence-corrected chi connectivity index (χ1v) is 7.00. The fourth-order valence-corrected chi connectivity index (χ4v) is 2.88. The van der Waals surface area contributed by atoms with Crippen LogP contribution < -0.4 is 5.32 Å². The molecule has 1 aromatic rings. The molecule has 1 aromatic heterocycles. The maximum Gasteiger partial charge on any atom is 0.339 e. The zero-order chi connectivity index (χ0) is 13.8. The van der Waals surface area contributed by atoms with Gasteiger partial charge in [-0.05, 0) is 37.7 Å². The number of carbonyl (C=O) groups is 1. The number of aryl methyl sites for hydroxylation is 1. The number of aromatic carboxylic acids is 1. The van der Waals surface area contributed by atoms with Gasteiger partial charge in [-0.15, -0.1) is 0 Å². The van der Waals surface area contributed by atoms with Crippen LogP contribution in [-0.4, -0.2) is 22.6 Å². The van der Waals surface area contributed by atoms with E-state index < -0.39 is 5.97 Å². The summed E-state index contributed by atoms with van der Waals surface area (Å²) in [6.45, 7) is 5.03. The summed E-state index contributed by atoms with van der Waals surface area (Å²) >= 11 is 0. The first-order chi connectivity index (χ1) is 9.06. The smallest absolute Gasteiger partial charge is 0.339 e. The molecule has 0 aliphatic heterocycles. The summed E-state index contributed by atoms with van der Waals surface area (Å²) in [4.78, 5) is 15.2. The SMILES string of the molecule is Cc1cc(NCC2CCCC(C)C2)c(C(=O)O)cn1. The average Bonchev–Trinajstić information content (AvgIpc) is 2.36. The summed E-state index contributed by atoms with van der Waals surface area (Å²) in [6.07, 6.45) is 6.52. The predicted molar refractivity (Wildman–Crippen MR) is 75.5 cm³/mol. The molecule has 0 bridgehead atoms. The van der Waals surface area contributed by atoms with E-state index in [1.54, 1.807) is 0 Å². The van der Waals surface area contributed by atoms with Crippen LogP contribution >= 0.6 is 0 Å². The van der Waals surface area contributed by atoms with Gasteiger partial charge in [0.15, 0.2) is 0 Å². The van der Waals surface area contributed by atoms with Crippen molar-refractivity contribution in [1.82, 2.24) is 4.98 Å². The Morgan fingerprint density at radius 2 is 2.32 bits per heavy atom. The van der Waals surface area contributed by atoms with Gasteiger partial charge in [-0.3, -0.25) is 4.98 Å². The molecule has 2 rings (SSSR count). The molecule has 2 atom stereocenters.